The number of hydrogen-bond donors (Lipinski definition) is 4. The first-order valence-corrected chi connectivity index (χ1v) is 21.9. The van der Waals surface area contributed by atoms with E-state index in [1.165, 1.54) is 24.3 Å². The van der Waals surface area contributed by atoms with E-state index in [0.29, 0.717) is 21.5 Å². The Morgan fingerprint density at radius 1 is 0.232 bits per heavy atom. The third kappa shape index (κ3) is 10.4. The summed E-state index contributed by atoms with van der Waals surface area (Å²) in [6.45, 7) is 0. The fourth-order valence-electron chi connectivity index (χ4n) is 5.68. The first-order chi connectivity index (χ1) is 26.4. The summed E-state index contributed by atoms with van der Waals surface area (Å²) >= 11 is 0. The van der Waals surface area contributed by atoms with Crippen molar-refractivity contribution in [3.05, 3.63) is 170 Å². The van der Waals surface area contributed by atoms with Crippen molar-refractivity contribution < 1.29 is 51.9 Å². The van der Waals surface area contributed by atoms with Crippen LogP contribution in [0.2, 0.25) is 0 Å². The maximum atomic E-state index is 11.0. The van der Waals surface area contributed by atoms with E-state index in [-0.39, 0.29) is 19.6 Å². The van der Waals surface area contributed by atoms with Crippen LogP contribution in [0.25, 0.3) is 43.1 Å². The topological polar surface area (TPSA) is 217 Å². The molecule has 0 heterocycles. The van der Waals surface area contributed by atoms with Gasteiger partial charge in [0.2, 0.25) is 0 Å². The van der Waals surface area contributed by atoms with Crippen molar-refractivity contribution in [1.82, 2.24) is 0 Å². The van der Waals surface area contributed by atoms with Crippen LogP contribution in [0.5, 0.6) is 0 Å². The number of fused-ring (bicyclic) bond motifs is 4. The van der Waals surface area contributed by atoms with Crippen LogP contribution in [0.4, 0.5) is 0 Å². The lowest BCUT2D eigenvalue weighted by Crippen LogP contribution is -1.98. The largest absolute Gasteiger partial charge is 0.295 e. The molecule has 0 radical (unpaired) electrons. The summed E-state index contributed by atoms with van der Waals surface area (Å²) in [5.41, 5.74) is 0. The van der Waals surface area contributed by atoms with E-state index in [1.54, 1.807) is 121 Å². The highest BCUT2D eigenvalue weighted by atomic mass is 32.2. The summed E-state index contributed by atoms with van der Waals surface area (Å²) in [5, 5.41) is 5.33. The molecule has 0 atom stereocenters. The Hall–Kier alpha value is -5.56. The van der Waals surface area contributed by atoms with E-state index in [1.807, 2.05) is 24.3 Å². The average molecular weight is 833 g/mol. The molecule has 0 aliphatic rings. The molecule has 0 amide bonds. The first-order valence-electron chi connectivity index (χ1n) is 16.2. The smallest absolute Gasteiger partial charge is 0.282 e. The molecular weight excluding hydrogens is 801 g/mol. The van der Waals surface area contributed by atoms with Crippen molar-refractivity contribution >= 4 is 83.6 Å². The fourth-order valence-corrected chi connectivity index (χ4v) is 8.54. The van der Waals surface area contributed by atoms with Crippen LogP contribution in [0.1, 0.15) is 0 Å². The van der Waals surface area contributed by atoms with Gasteiger partial charge in [-0.25, -0.2) is 0 Å². The second-order valence-electron chi connectivity index (χ2n) is 11.8. The SMILES string of the molecule is O=S(=O)(O)c1cccc2ccccc12.O=S(=O)(O)c1cccc2ccccc12.O=S(=O)(O)c1cccc2ccccc12.O=S(=O)(O)c1cccc2ccccc12. The lowest BCUT2D eigenvalue weighted by atomic mass is 10.1. The van der Waals surface area contributed by atoms with Gasteiger partial charge in [0.15, 0.2) is 0 Å². The number of benzene rings is 8. The summed E-state index contributed by atoms with van der Waals surface area (Å²) in [5.74, 6) is 0. The second-order valence-corrected chi connectivity index (χ2v) is 17.4. The minimum Gasteiger partial charge on any atom is -0.282 e. The molecule has 288 valence electrons. The Bertz CT molecular complexity index is 2700. The molecule has 0 aromatic heterocycles. The van der Waals surface area contributed by atoms with Gasteiger partial charge < -0.3 is 0 Å². The molecule has 12 nitrogen and oxygen atoms in total. The molecule has 8 rings (SSSR count). The van der Waals surface area contributed by atoms with Crippen molar-refractivity contribution in [1.29, 1.82) is 0 Å². The maximum absolute atomic E-state index is 11.0. The molecule has 0 aliphatic carbocycles. The van der Waals surface area contributed by atoms with E-state index in [0.717, 1.165) is 21.5 Å². The Morgan fingerprint density at radius 3 is 0.571 bits per heavy atom. The zero-order chi connectivity index (χ0) is 40.7. The molecule has 0 unspecified atom stereocenters. The fraction of sp³-hybridized carbons (Fsp3) is 0. The maximum Gasteiger partial charge on any atom is 0.295 e. The van der Waals surface area contributed by atoms with Crippen LogP contribution in [0.3, 0.4) is 0 Å². The van der Waals surface area contributed by atoms with Crippen molar-refractivity contribution in [2.45, 2.75) is 19.6 Å². The molecule has 0 saturated heterocycles. The van der Waals surface area contributed by atoms with Gasteiger partial charge in [-0.3, -0.25) is 18.2 Å². The van der Waals surface area contributed by atoms with Gasteiger partial charge in [-0.1, -0.05) is 146 Å². The summed E-state index contributed by atoms with van der Waals surface area (Å²) in [6, 6.07) is 47.2. The molecule has 0 spiro atoms. The zero-order valence-electron chi connectivity index (χ0n) is 28.9. The van der Waals surface area contributed by atoms with E-state index in [9.17, 15) is 33.7 Å². The third-order valence-electron chi connectivity index (χ3n) is 8.11. The lowest BCUT2D eigenvalue weighted by Gasteiger charge is -2.02. The Kier molecular flexibility index (Phi) is 12.7. The Balaban J connectivity index is 0.000000143. The molecule has 0 bridgehead atoms. The second kappa shape index (κ2) is 17.1. The summed E-state index contributed by atoms with van der Waals surface area (Å²) in [6.07, 6.45) is 0. The van der Waals surface area contributed by atoms with E-state index in [4.69, 9.17) is 18.2 Å². The molecule has 0 aliphatic heterocycles. The summed E-state index contributed by atoms with van der Waals surface area (Å²) in [7, 11) is -16.5. The van der Waals surface area contributed by atoms with E-state index < -0.39 is 40.5 Å². The minimum atomic E-state index is -4.13. The highest BCUT2D eigenvalue weighted by Crippen LogP contribution is 2.25. The Morgan fingerprint density at radius 2 is 0.393 bits per heavy atom. The molecule has 4 N–H and O–H groups in total. The van der Waals surface area contributed by atoms with Crippen molar-refractivity contribution in [2.24, 2.45) is 0 Å². The molecule has 0 fully saturated rings. The normalized spacial score (nSPS) is 11.8. The summed E-state index contributed by atoms with van der Waals surface area (Å²) in [4.78, 5) is -0.183. The predicted molar refractivity (Wildman–Crippen MR) is 215 cm³/mol. The number of hydrogen-bond acceptors (Lipinski definition) is 8. The molecule has 8 aromatic rings. The summed E-state index contributed by atoms with van der Waals surface area (Å²) < 4.78 is 124. The van der Waals surface area contributed by atoms with Gasteiger partial charge in [0.05, 0.1) is 0 Å². The van der Waals surface area contributed by atoms with E-state index >= 15 is 0 Å². The highest BCUT2D eigenvalue weighted by molar-refractivity contribution is 7.86. The van der Waals surface area contributed by atoms with Gasteiger partial charge in [0.1, 0.15) is 19.6 Å². The van der Waals surface area contributed by atoms with Gasteiger partial charge >= 0.3 is 0 Å². The molecular formula is C40H32O12S4. The van der Waals surface area contributed by atoms with Crippen LogP contribution in [0.15, 0.2) is 189 Å². The third-order valence-corrected chi connectivity index (χ3v) is 11.8. The van der Waals surface area contributed by atoms with Crippen LogP contribution in [0, 0.1) is 0 Å². The first kappa shape index (κ1) is 41.6. The van der Waals surface area contributed by atoms with Gasteiger partial charge in [-0.2, -0.15) is 33.7 Å². The van der Waals surface area contributed by atoms with Gasteiger partial charge in [-0.05, 0) is 45.8 Å². The highest BCUT2D eigenvalue weighted by Gasteiger charge is 2.15. The molecule has 16 heteroatoms. The van der Waals surface area contributed by atoms with Gasteiger partial charge in [-0.15, -0.1) is 0 Å². The minimum absolute atomic E-state index is 0.0457. The predicted octanol–water partition coefficient (Wildman–Crippen LogP) is 8.35. The average Bonchev–Trinajstić information content (AvgIpc) is 3.16. The van der Waals surface area contributed by atoms with Gasteiger partial charge in [0.25, 0.3) is 40.5 Å². The lowest BCUT2D eigenvalue weighted by molar-refractivity contribution is 0.482. The monoisotopic (exact) mass is 832 g/mol. The van der Waals surface area contributed by atoms with Crippen LogP contribution >= 0.6 is 0 Å². The standard InChI is InChI=1S/4C10H8O3S/c4*11-14(12,13)10-7-3-5-8-4-1-2-6-9(8)10/h4*1-7H,(H,11,12,13). The number of rotatable bonds is 4. The molecule has 56 heavy (non-hydrogen) atoms. The molecule has 0 saturated carbocycles. The van der Waals surface area contributed by atoms with Crippen molar-refractivity contribution in [3.63, 3.8) is 0 Å². The quantitative estimate of drug-likeness (QED) is 0.123. The van der Waals surface area contributed by atoms with Crippen LogP contribution in [-0.2, 0) is 40.5 Å². The zero-order valence-corrected chi connectivity index (χ0v) is 32.1. The van der Waals surface area contributed by atoms with Crippen LogP contribution < -0.4 is 0 Å². The van der Waals surface area contributed by atoms with Crippen LogP contribution in [-0.4, -0.2) is 51.9 Å². The van der Waals surface area contributed by atoms with E-state index in [2.05, 4.69) is 0 Å². The van der Waals surface area contributed by atoms with Crippen molar-refractivity contribution in [2.75, 3.05) is 0 Å². The van der Waals surface area contributed by atoms with Crippen molar-refractivity contribution in [3.8, 4) is 0 Å². The van der Waals surface area contributed by atoms with Gasteiger partial charge in [0, 0.05) is 21.5 Å². The molecule has 8 aromatic carbocycles. The Labute approximate surface area is 323 Å².